The van der Waals surface area contributed by atoms with Gasteiger partial charge in [-0.25, -0.2) is 0 Å². The van der Waals surface area contributed by atoms with Gasteiger partial charge < -0.3 is 11.1 Å². The Morgan fingerprint density at radius 3 is 2.44 bits per heavy atom. The minimum Gasteiger partial charge on any atom is -0.395 e. The topological polar surface area (TPSA) is 83.8 Å². The van der Waals surface area contributed by atoms with E-state index in [0.29, 0.717) is 23.8 Å². The first-order valence-electron chi connectivity index (χ1n) is 6.63. The van der Waals surface area contributed by atoms with Gasteiger partial charge >= 0.3 is 0 Å². The third-order valence-corrected chi connectivity index (χ3v) is 3.33. The summed E-state index contributed by atoms with van der Waals surface area (Å²) in [6.07, 6.45) is 2.12. The maximum atomic E-state index is 12.0. The van der Waals surface area contributed by atoms with E-state index in [1.54, 1.807) is 0 Å². The van der Waals surface area contributed by atoms with Crippen molar-refractivity contribution in [1.82, 2.24) is 15.5 Å². The van der Waals surface area contributed by atoms with Crippen LogP contribution in [0.3, 0.4) is 0 Å². The maximum Gasteiger partial charge on any atom is 0.273 e. The third-order valence-electron chi connectivity index (χ3n) is 3.33. The number of carbonyl (C=O) groups is 1. The molecule has 4 N–H and O–H groups in total. The molecule has 1 aromatic heterocycles. The highest BCUT2D eigenvalue weighted by Crippen LogP contribution is 2.21. The van der Waals surface area contributed by atoms with Gasteiger partial charge in [0.05, 0.1) is 11.4 Å². The Hall–Kier alpha value is -1.52. The van der Waals surface area contributed by atoms with Crippen molar-refractivity contribution in [2.45, 2.75) is 46.5 Å². The van der Waals surface area contributed by atoms with Gasteiger partial charge in [0.25, 0.3) is 5.91 Å². The first-order valence-corrected chi connectivity index (χ1v) is 6.63. The Morgan fingerprint density at radius 1 is 1.39 bits per heavy atom. The van der Waals surface area contributed by atoms with Gasteiger partial charge in [0.2, 0.25) is 0 Å². The van der Waals surface area contributed by atoms with Crippen LogP contribution in [0.2, 0.25) is 0 Å². The molecule has 5 heteroatoms. The lowest BCUT2D eigenvalue weighted by Gasteiger charge is -2.12. The highest BCUT2D eigenvalue weighted by Gasteiger charge is 2.19. The number of H-pyrrole nitrogens is 1. The lowest BCUT2D eigenvalue weighted by molar-refractivity contribution is 0.0942. The molecule has 0 aliphatic rings. The summed E-state index contributed by atoms with van der Waals surface area (Å²) in [5.74, 6) is 0.555. The first-order chi connectivity index (χ1) is 8.51. The number of hydrogen-bond donors (Lipinski definition) is 3. The summed E-state index contributed by atoms with van der Waals surface area (Å²) in [7, 11) is 0. The molecular weight excluding hydrogens is 228 g/mol. The zero-order valence-electron chi connectivity index (χ0n) is 11.7. The molecule has 0 aliphatic carbocycles. The summed E-state index contributed by atoms with van der Waals surface area (Å²) in [5.41, 5.74) is 7.52. The van der Waals surface area contributed by atoms with Gasteiger partial charge in [-0.2, -0.15) is 5.10 Å². The first kappa shape index (κ1) is 14.5. The average Bonchev–Trinajstić information content (AvgIpc) is 2.72. The van der Waals surface area contributed by atoms with E-state index < -0.39 is 0 Å². The fourth-order valence-corrected chi connectivity index (χ4v) is 1.88. The molecule has 0 bridgehead atoms. The molecule has 1 aromatic rings. The predicted octanol–water partition coefficient (Wildman–Crippen LogP) is 2.28. The second-order valence-electron chi connectivity index (χ2n) is 4.95. The van der Waals surface area contributed by atoms with E-state index in [1.807, 2.05) is 13.8 Å². The molecule has 1 amide bonds. The van der Waals surface area contributed by atoms with Crippen molar-refractivity contribution in [3.63, 3.8) is 0 Å². The molecule has 1 heterocycles. The van der Waals surface area contributed by atoms with Crippen molar-refractivity contribution >= 4 is 11.6 Å². The molecule has 102 valence electrons. The standard InChI is InChI=1S/C13H24N4O/c1-5-9(6-2)7-15-13(18)12-10(14)11(8(3)4)16-17-12/h8-9H,5-7,14H2,1-4H3,(H,15,18)(H,16,17). The Balaban J connectivity index is 2.67. The minimum atomic E-state index is -0.192. The highest BCUT2D eigenvalue weighted by molar-refractivity contribution is 5.97. The molecule has 0 unspecified atom stereocenters. The van der Waals surface area contributed by atoms with Crippen LogP contribution in [-0.4, -0.2) is 22.6 Å². The fourth-order valence-electron chi connectivity index (χ4n) is 1.88. The maximum absolute atomic E-state index is 12.0. The second kappa shape index (κ2) is 6.42. The van der Waals surface area contributed by atoms with Gasteiger partial charge in [-0.15, -0.1) is 0 Å². The smallest absolute Gasteiger partial charge is 0.273 e. The fraction of sp³-hybridized carbons (Fsp3) is 0.692. The number of anilines is 1. The highest BCUT2D eigenvalue weighted by atomic mass is 16.1. The van der Waals surface area contributed by atoms with Crippen molar-refractivity contribution in [2.75, 3.05) is 12.3 Å². The quantitative estimate of drug-likeness (QED) is 0.726. The lowest BCUT2D eigenvalue weighted by Crippen LogP contribution is -2.29. The van der Waals surface area contributed by atoms with Crippen LogP contribution >= 0.6 is 0 Å². The lowest BCUT2D eigenvalue weighted by atomic mass is 10.0. The Labute approximate surface area is 109 Å². The van der Waals surface area contributed by atoms with E-state index in [-0.39, 0.29) is 11.8 Å². The van der Waals surface area contributed by atoms with Crippen LogP contribution < -0.4 is 11.1 Å². The summed E-state index contributed by atoms with van der Waals surface area (Å²) in [5, 5.41) is 9.73. The van der Waals surface area contributed by atoms with Crippen LogP contribution in [0.5, 0.6) is 0 Å². The largest absolute Gasteiger partial charge is 0.395 e. The van der Waals surface area contributed by atoms with Gasteiger partial charge in [-0.1, -0.05) is 40.5 Å². The van der Waals surface area contributed by atoms with Crippen LogP contribution in [0.1, 0.15) is 62.6 Å². The molecule has 0 saturated carbocycles. The summed E-state index contributed by atoms with van der Waals surface area (Å²) in [6, 6.07) is 0. The third kappa shape index (κ3) is 3.24. The van der Waals surface area contributed by atoms with Crippen molar-refractivity contribution < 1.29 is 4.79 Å². The van der Waals surface area contributed by atoms with Crippen LogP contribution in [0.4, 0.5) is 5.69 Å². The van der Waals surface area contributed by atoms with E-state index in [9.17, 15) is 4.79 Å². The number of aromatic nitrogens is 2. The molecule has 18 heavy (non-hydrogen) atoms. The normalized spacial score (nSPS) is 11.2. The molecule has 0 atom stereocenters. The SMILES string of the molecule is CCC(CC)CNC(=O)c1n[nH]c(C(C)C)c1N. The molecule has 0 saturated heterocycles. The Morgan fingerprint density at radius 2 is 2.00 bits per heavy atom. The number of hydrogen-bond acceptors (Lipinski definition) is 3. The molecule has 5 nitrogen and oxygen atoms in total. The van der Waals surface area contributed by atoms with E-state index in [0.717, 1.165) is 18.5 Å². The number of nitrogen functional groups attached to an aromatic ring is 1. The van der Waals surface area contributed by atoms with Crippen LogP contribution in [-0.2, 0) is 0 Å². The van der Waals surface area contributed by atoms with Crippen molar-refractivity contribution in [1.29, 1.82) is 0 Å². The number of amides is 1. The van der Waals surface area contributed by atoms with Crippen LogP contribution in [0.15, 0.2) is 0 Å². The van der Waals surface area contributed by atoms with Gasteiger partial charge in [-0.3, -0.25) is 9.89 Å². The zero-order chi connectivity index (χ0) is 13.7. The molecule has 1 rings (SSSR count). The number of rotatable bonds is 6. The van der Waals surface area contributed by atoms with Crippen LogP contribution in [0.25, 0.3) is 0 Å². The molecular formula is C13H24N4O. The van der Waals surface area contributed by atoms with Crippen molar-refractivity contribution in [3.05, 3.63) is 11.4 Å². The van der Waals surface area contributed by atoms with E-state index >= 15 is 0 Å². The van der Waals surface area contributed by atoms with E-state index in [2.05, 4.69) is 29.4 Å². The predicted molar refractivity (Wildman–Crippen MR) is 73.5 cm³/mol. The molecule has 0 aromatic carbocycles. The second-order valence-corrected chi connectivity index (χ2v) is 4.95. The summed E-state index contributed by atoms with van der Waals surface area (Å²) in [6.45, 7) is 8.95. The summed E-state index contributed by atoms with van der Waals surface area (Å²) in [4.78, 5) is 12.0. The molecule has 0 fully saturated rings. The minimum absolute atomic E-state index is 0.192. The zero-order valence-corrected chi connectivity index (χ0v) is 11.7. The van der Waals surface area contributed by atoms with Gasteiger partial charge in [0, 0.05) is 6.54 Å². The van der Waals surface area contributed by atoms with Gasteiger partial charge in [0.15, 0.2) is 5.69 Å². The summed E-state index contributed by atoms with van der Waals surface area (Å²) >= 11 is 0. The van der Waals surface area contributed by atoms with Crippen molar-refractivity contribution in [2.24, 2.45) is 5.92 Å². The summed E-state index contributed by atoms with van der Waals surface area (Å²) < 4.78 is 0. The number of nitrogens with two attached hydrogens (primary N) is 1. The van der Waals surface area contributed by atoms with Crippen LogP contribution in [0, 0.1) is 5.92 Å². The number of aromatic amines is 1. The van der Waals surface area contributed by atoms with Crippen molar-refractivity contribution in [3.8, 4) is 0 Å². The van der Waals surface area contributed by atoms with Gasteiger partial charge in [-0.05, 0) is 11.8 Å². The Kier molecular flexibility index (Phi) is 5.19. The van der Waals surface area contributed by atoms with E-state index in [1.165, 1.54) is 0 Å². The Bertz CT molecular complexity index is 394. The molecule has 0 radical (unpaired) electrons. The molecule has 0 spiro atoms. The molecule has 0 aliphatic heterocycles. The average molecular weight is 252 g/mol. The number of nitrogens with zero attached hydrogens (tertiary/aromatic N) is 1. The number of carbonyl (C=O) groups excluding carboxylic acids is 1. The van der Waals surface area contributed by atoms with E-state index in [4.69, 9.17) is 5.73 Å². The van der Waals surface area contributed by atoms with Gasteiger partial charge in [0.1, 0.15) is 0 Å². The monoisotopic (exact) mass is 252 g/mol. The number of nitrogens with one attached hydrogen (secondary N) is 2.